The third kappa shape index (κ3) is 4.22. The molecule has 0 unspecified atom stereocenters. The number of hydrogen-bond donors (Lipinski definition) is 0. The lowest BCUT2D eigenvalue weighted by atomic mass is 10.1. The molecule has 1 aliphatic rings. The van der Waals surface area contributed by atoms with E-state index in [0.29, 0.717) is 5.92 Å². The number of rotatable bonds is 6. The Labute approximate surface area is 116 Å². The van der Waals surface area contributed by atoms with Gasteiger partial charge in [-0.3, -0.25) is 0 Å². The van der Waals surface area contributed by atoms with Crippen molar-refractivity contribution in [2.24, 2.45) is 5.92 Å². The topological polar surface area (TPSA) is 21.7 Å². The fourth-order valence-electron chi connectivity index (χ4n) is 2.59. The molecule has 3 nitrogen and oxygen atoms in total. The summed E-state index contributed by atoms with van der Waals surface area (Å²) >= 11 is 0. The molecule has 0 bridgehead atoms. The van der Waals surface area contributed by atoms with Crippen molar-refractivity contribution in [2.75, 3.05) is 40.0 Å². The molecule has 0 N–H and O–H groups in total. The van der Waals surface area contributed by atoms with Crippen LogP contribution in [0.4, 0.5) is 0 Å². The van der Waals surface area contributed by atoms with Gasteiger partial charge < -0.3 is 14.4 Å². The molecule has 0 saturated carbocycles. The number of para-hydroxylation sites is 1. The van der Waals surface area contributed by atoms with Gasteiger partial charge in [0, 0.05) is 19.7 Å². The van der Waals surface area contributed by atoms with Crippen LogP contribution in [-0.4, -0.2) is 44.9 Å². The summed E-state index contributed by atoms with van der Waals surface area (Å²) in [5.74, 6) is 1.74. The predicted molar refractivity (Wildman–Crippen MR) is 77.8 cm³/mol. The minimum Gasteiger partial charge on any atom is -0.492 e. The van der Waals surface area contributed by atoms with E-state index < -0.39 is 0 Å². The van der Waals surface area contributed by atoms with Gasteiger partial charge in [-0.2, -0.15) is 0 Å². The fourth-order valence-corrected chi connectivity index (χ4v) is 2.59. The van der Waals surface area contributed by atoms with Crippen molar-refractivity contribution >= 4 is 0 Å². The Balaban J connectivity index is 1.73. The molecule has 0 aliphatic carbocycles. The van der Waals surface area contributed by atoms with E-state index in [-0.39, 0.29) is 0 Å². The molecule has 106 valence electrons. The second-order valence-corrected chi connectivity index (χ2v) is 5.56. The summed E-state index contributed by atoms with van der Waals surface area (Å²) < 4.78 is 11.3. The van der Waals surface area contributed by atoms with Gasteiger partial charge in [0.1, 0.15) is 12.4 Å². The third-order valence-electron chi connectivity index (χ3n) is 3.72. The highest BCUT2D eigenvalue weighted by atomic mass is 16.5. The molecule has 1 saturated heterocycles. The van der Waals surface area contributed by atoms with Crippen molar-refractivity contribution in [3.63, 3.8) is 0 Å². The summed E-state index contributed by atoms with van der Waals surface area (Å²) in [5, 5.41) is 0. The van der Waals surface area contributed by atoms with Crippen LogP contribution < -0.4 is 4.74 Å². The van der Waals surface area contributed by atoms with Crippen LogP contribution >= 0.6 is 0 Å². The van der Waals surface area contributed by atoms with Gasteiger partial charge in [-0.05, 0) is 44.4 Å². The Morgan fingerprint density at radius 3 is 2.68 bits per heavy atom. The highest BCUT2D eigenvalue weighted by Crippen LogP contribution is 2.22. The van der Waals surface area contributed by atoms with Gasteiger partial charge in [0.15, 0.2) is 0 Å². The first kappa shape index (κ1) is 14.4. The van der Waals surface area contributed by atoms with E-state index >= 15 is 0 Å². The molecule has 1 aromatic rings. The maximum Gasteiger partial charge on any atom is 0.125 e. The zero-order valence-electron chi connectivity index (χ0n) is 12.3. The summed E-state index contributed by atoms with van der Waals surface area (Å²) in [4.78, 5) is 2.34. The van der Waals surface area contributed by atoms with Gasteiger partial charge in [-0.15, -0.1) is 0 Å². The number of nitrogens with zero attached hydrogens (tertiary/aromatic N) is 1. The van der Waals surface area contributed by atoms with Crippen LogP contribution in [0.5, 0.6) is 5.75 Å². The number of hydrogen-bond acceptors (Lipinski definition) is 3. The van der Waals surface area contributed by atoms with Crippen LogP contribution in [-0.2, 0) is 4.74 Å². The van der Waals surface area contributed by atoms with E-state index in [0.717, 1.165) is 38.7 Å². The van der Waals surface area contributed by atoms with Crippen molar-refractivity contribution in [1.82, 2.24) is 4.90 Å². The molecule has 0 radical (unpaired) electrons. The Morgan fingerprint density at radius 1 is 1.32 bits per heavy atom. The number of ether oxygens (including phenoxy) is 2. The maximum atomic E-state index is 5.93. The first-order valence-corrected chi connectivity index (χ1v) is 7.12. The molecular weight excluding hydrogens is 238 g/mol. The Morgan fingerprint density at radius 2 is 2.05 bits per heavy atom. The molecule has 19 heavy (non-hydrogen) atoms. The second-order valence-electron chi connectivity index (χ2n) is 5.56. The summed E-state index contributed by atoms with van der Waals surface area (Å²) in [5.41, 5.74) is 2.43. The molecular formula is C16H25NO2. The Bertz CT molecular complexity index is 379. The lowest BCUT2D eigenvalue weighted by Gasteiger charge is -2.20. The maximum absolute atomic E-state index is 5.93. The highest BCUT2D eigenvalue weighted by Gasteiger charge is 2.17. The minimum atomic E-state index is 0.699. The number of likely N-dealkylation sites (N-methyl/N-ethyl adjacent to an activating group) is 1. The van der Waals surface area contributed by atoms with Crippen LogP contribution in [0.2, 0.25) is 0 Å². The average Bonchev–Trinajstić information content (AvgIpc) is 2.85. The molecule has 0 spiro atoms. The van der Waals surface area contributed by atoms with Gasteiger partial charge >= 0.3 is 0 Å². The second kappa shape index (κ2) is 6.92. The lowest BCUT2D eigenvalue weighted by Crippen LogP contribution is -2.30. The van der Waals surface area contributed by atoms with Gasteiger partial charge in [-0.25, -0.2) is 0 Å². The molecule has 1 aromatic carbocycles. The molecule has 0 amide bonds. The van der Waals surface area contributed by atoms with E-state index in [2.05, 4.69) is 44.0 Å². The van der Waals surface area contributed by atoms with Crippen molar-refractivity contribution in [3.8, 4) is 5.75 Å². The Kier molecular flexibility index (Phi) is 5.23. The average molecular weight is 263 g/mol. The smallest absolute Gasteiger partial charge is 0.125 e. The monoisotopic (exact) mass is 263 g/mol. The van der Waals surface area contributed by atoms with E-state index in [9.17, 15) is 0 Å². The Hall–Kier alpha value is -1.06. The van der Waals surface area contributed by atoms with Crippen molar-refractivity contribution in [3.05, 3.63) is 29.3 Å². The van der Waals surface area contributed by atoms with Gasteiger partial charge in [-0.1, -0.05) is 18.2 Å². The van der Waals surface area contributed by atoms with Crippen LogP contribution in [0.25, 0.3) is 0 Å². The third-order valence-corrected chi connectivity index (χ3v) is 3.72. The normalized spacial score (nSPS) is 19.1. The summed E-state index contributed by atoms with van der Waals surface area (Å²) in [6.45, 7) is 8.86. The van der Waals surface area contributed by atoms with Crippen molar-refractivity contribution in [2.45, 2.75) is 20.3 Å². The predicted octanol–water partition coefficient (Wildman–Crippen LogP) is 2.65. The fraction of sp³-hybridized carbons (Fsp3) is 0.625. The highest BCUT2D eigenvalue weighted by molar-refractivity contribution is 5.39. The number of benzene rings is 1. The lowest BCUT2D eigenvalue weighted by molar-refractivity contribution is 0.167. The van der Waals surface area contributed by atoms with E-state index in [1.165, 1.54) is 17.5 Å². The van der Waals surface area contributed by atoms with Crippen LogP contribution in [0.3, 0.4) is 0 Å². The largest absolute Gasteiger partial charge is 0.492 e. The van der Waals surface area contributed by atoms with Crippen LogP contribution in [0.1, 0.15) is 17.5 Å². The SMILES string of the molecule is Cc1cccc(C)c1OCCN(C)C[C@@H]1CCOC1. The molecule has 1 heterocycles. The van der Waals surface area contributed by atoms with Crippen molar-refractivity contribution in [1.29, 1.82) is 0 Å². The van der Waals surface area contributed by atoms with E-state index in [4.69, 9.17) is 9.47 Å². The van der Waals surface area contributed by atoms with E-state index in [1.54, 1.807) is 0 Å². The van der Waals surface area contributed by atoms with Gasteiger partial charge in [0.25, 0.3) is 0 Å². The molecule has 3 heteroatoms. The van der Waals surface area contributed by atoms with E-state index in [1.807, 2.05) is 0 Å². The zero-order chi connectivity index (χ0) is 13.7. The minimum absolute atomic E-state index is 0.699. The summed E-state index contributed by atoms with van der Waals surface area (Å²) in [7, 11) is 2.16. The first-order chi connectivity index (χ1) is 9.16. The number of aryl methyl sites for hydroxylation is 2. The standard InChI is InChI=1S/C16H25NO2/c1-13-5-4-6-14(2)16(13)19-10-8-17(3)11-15-7-9-18-12-15/h4-6,15H,7-12H2,1-3H3/t15-/m0/s1. The summed E-state index contributed by atoms with van der Waals surface area (Å²) in [6, 6.07) is 6.27. The molecule has 1 atom stereocenters. The quantitative estimate of drug-likeness (QED) is 0.787. The first-order valence-electron chi connectivity index (χ1n) is 7.12. The van der Waals surface area contributed by atoms with Crippen LogP contribution in [0.15, 0.2) is 18.2 Å². The molecule has 1 fully saturated rings. The van der Waals surface area contributed by atoms with Gasteiger partial charge in [0.2, 0.25) is 0 Å². The molecule has 0 aromatic heterocycles. The van der Waals surface area contributed by atoms with Gasteiger partial charge in [0.05, 0.1) is 6.61 Å². The molecule has 1 aliphatic heterocycles. The van der Waals surface area contributed by atoms with Crippen molar-refractivity contribution < 1.29 is 9.47 Å². The molecule has 2 rings (SSSR count). The van der Waals surface area contributed by atoms with Crippen LogP contribution in [0, 0.1) is 19.8 Å². The zero-order valence-corrected chi connectivity index (χ0v) is 12.3. The summed E-state index contributed by atoms with van der Waals surface area (Å²) in [6.07, 6.45) is 1.20.